The van der Waals surface area contributed by atoms with E-state index < -0.39 is 53.2 Å². The zero-order chi connectivity index (χ0) is 32.7. The van der Waals surface area contributed by atoms with Crippen LogP contribution in [0, 0.1) is 17.8 Å². The summed E-state index contributed by atoms with van der Waals surface area (Å²) in [5.74, 6) is -3.21. The third-order valence-electron chi connectivity index (χ3n) is 6.01. The van der Waals surface area contributed by atoms with Crippen LogP contribution in [0.15, 0.2) is 30.3 Å². The monoisotopic (exact) mass is 624 g/mol. The van der Waals surface area contributed by atoms with Gasteiger partial charge in [0, 0.05) is 6.54 Å². The van der Waals surface area contributed by atoms with Crippen LogP contribution in [0.25, 0.3) is 0 Å². The van der Waals surface area contributed by atoms with E-state index in [-0.39, 0.29) is 50.4 Å². The van der Waals surface area contributed by atoms with Gasteiger partial charge in [0.1, 0.15) is 23.9 Å². The molecule has 4 N–H and O–H groups in total. The Hall–Kier alpha value is -3.32. The number of hydrogen-bond acceptors (Lipinski definition) is 9. The number of nitrogens with zero attached hydrogens (tertiary/aromatic N) is 1. The number of hydrogen-bond donors (Lipinski definition) is 5. The summed E-state index contributed by atoms with van der Waals surface area (Å²) >= 11 is 4.11. The van der Waals surface area contributed by atoms with Crippen LogP contribution in [0.3, 0.4) is 0 Å². The second-order valence-corrected chi connectivity index (χ2v) is 12.1. The molecule has 4 amide bonds. The fraction of sp³-hybridized carbons (Fsp3) is 0.633. The van der Waals surface area contributed by atoms with Gasteiger partial charge in [-0.1, -0.05) is 71.9 Å². The lowest BCUT2D eigenvalue weighted by molar-refractivity contribution is -0.157. The summed E-state index contributed by atoms with van der Waals surface area (Å²) in [7, 11) is 0. The number of amides is 4. The van der Waals surface area contributed by atoms with Crippen molar-refractivity contribution in [1.29, 1.82) is 0 Å². The van der Waals surface area contributed by atoms with Gasteiger partial charge in [-0.15, -0.1) is 0 Å². The van der Waals surface area contributed by atoms with E-state index >= 15 is 0 Å². The third kappa shape index (κ3) is 14.1. The number of ether oxygens (including phenoxy) is 2. The highest BCUT2D eigenvalue weighted by Crippen LogP contribution is 2.13. The number of thiol groups is 1. The first-order valence-electron chi connectivity index (χ1n) is 14.6. The summed E-state index contributed by atoms with van der Waals surface area (Å²) in [5.41, 5.74) is 3.32. The van der Waals surface area contributed by atoms with Crippen molar-refractivity contribution >= 4 is 42.4 Å². The molecule has 242 valence electrons. The van der Waals surface area contributed by atoms with Gasteiger partial charge < -0.3 is 25.2 Å². The number of alkyl carbamates (subject to hydrolysis) is 1. The van der Waals surface area contributed by atoms with Gasteiger partial charge in [0.05, 0.1) is 6.61 Å². The smallest absolute Gasteiger partial charge is 0.408 e. The van der Waals surface area contributed by atoms with Gasteiger partial charge in [-0.2, -0.15) is 12.6 Å². The Labute approximate surface area is 260 Å². The lowest BCUT2D eigenvalue weighted by Gasteiger charge is -2.31. The topological polar surface area (TPSA) is 163 Å². The normalized spacial score (nSPS) is 14.0. The number of rotatable bonds is 16. The highest BCUT2D eigenvalue weighted by Gasteiger charge is 2.36. The standard InChI is InChI=1S/C30H48N4O8S/c1-8-41-29(39)24(35)25(43)28(38)34(16-20(6)7)33-27(37)23(15-19(4)5)31-26(36)22(14-18(2)3)32-30(40)42-17-21-12-10-9-11-13-21/h9-13,18-20,22-25,35,43H,8,14-17H2,1-7H3,(H,31,36)(H,32,40)(H,33,37)/t22-,23-,24-,25+/m0/s1. The number of aliphatic hydroxyl groups is 1. The molecule has 1 rings (SSSR count). The largest absolute Gasteiger partial charge is 0.464 e. The fourth-order valence-corrected chi connectivity index (χ4v) is 4.26. The molecular weight excluding hydrogens is 576 g/mol. The van der Waals surface area contributed by atoms with Crippen molar-refractivity contribution in [2.45, 2.75) is 91.4 Å². The number of carbonyl (C=O) groups is 5. The minimum absolute atomic E-state index is 0.00498. The average molecular weight is 625 g/mol. The maximum absolute atomic E-state index is 13.5. The van der Waals surface area contributed by atoms with Crippen LogP contribution in [-0.4, -0.2) is 76.5 Å². The Morgan fingerprint density at radius 2 is 1.40 bits per heavy atom. The molecule has 1 aromatic rings. The minimum Gasteiger partial charge on any atom is -0.464 e. The first-order chi connectivity index (χ1) is 20.2. The van der Waals surface area contributed by atoms with Crippen LogP contribution in [0.1, 0.15) is 66.9 Å². The Bertz CT molecular complexity index is 1050. The molecule has 0 saturated carbocycles. The van der Waals surface area contributed by atoms with Gasteiger partial charge in [0.2, 0.25) is 5.91 Å². The van der Waals surface area contributed by atoms with Crippen LogP contribution < -0.4 is 16.1 Å². The average Bonchev–Trinajstić information content (AvgIpc) is 2.93. The first kappa shape index (κ1) is 37.7. The quantitative estimate of drug-likeness (QED) is 0.106. The van der Waals surface area contributed by atoms with E-state index in [1.165, 1.54) is 0 Å². The van der Waals surface area contributed by atoms with E-state index in [0.29, 0.717) is 0 Å². The van der Waals surface area contributed by atoms with Crippen molar-refractivity contribution in [3.8, 4) is 0 Å². The van der Waals surface area contributed by atoms with Crippen LogP contribution in [0.5, 0.6) is 0 Å². The van der Waals surface area contributed by atoms with Crippen LogP contribution >= 0.6 is 12.6 Å². The lowest BCUT2D eigenvalue weighted by Crippen LogP contribution is -2.59. The Kier molecular flexibility index (Phi) is 16.7. The fourth-order valence-electron chi connectivity index (χ4n) is 4.00. The molecule has 0 aliphatic rings. The number of esters is 1. The maximum Gasteiger partial charge on any atom is 0.408 e. The van der Waals surface area contributed by atoms with E-state index in [9.17, 15) is 29.1 Å². The van der Waals surface area contributed by atoms with Gasteiger partial charge in [-0.25, -0.2) is 9.59 Å². The third-order valence-corrected chi connectivity index (χ3v) is 6.51. The second-order valence-electron chi connectivity index (χ2n) is 11.5. The van der Waals surface area contributed by atoms with E-state index in [1.54, 1.807) is 6.92 Å². The lowest BCUT2D eigenvalue weighted by atomic mass is 10.0. The molecule has 0 unspecified atom stereocenters. The Balaban J connectivity index is 3.06. The first-order valence-corrected chi connectivity index (χ1v) is 15.1. The molecule has 0 aliphatic carbocycles. The summed E-state index contributed by atoms with van der Waals surface area (Å²) in [6.07, 6.45) is -2.11. The van der Waals surface area contributed by atoms with Gasteiger partial charge in [0.25, 0.3) is 11.8 Å². The maximum atomic E-state index is 13.5. The van der Waals surface area contributed by atoms with Gasteiger partial charge >= 0.3 is 12.1 Å². The Morgan fingerprint density at radius 1 is 0.837 bits per heavy atom. The van der Waals surface area contributed by atoms with Crippen molar-refractivity contribution in [3.63, 3.8) is 0 Å². The van der Waals surface area contributed by atoms with Crippen LogP contribution in [0.2, 0.25) is 0 Å². The molecule has 13 heteroatoms. The predicted molar refractivity (Wildman–Crippen MR) is 164 cm³/mol. The number of benzene rings is 1. The van der Waals surface area contributed by atoms with Crippen molar-refractivity contribution < 1.29 is 38.6 Å². The molecule has 0 spiro atoms. The Morgan fingerprint density at radius 3 is 1.91 bits per heavy atom. The van der Waals surface area contributed by atoms with E-state index in [2.05, 4.69) is 28.7 Å². The summed E-state index contributed by atoms with van der Waals surface area (Å²) in [6, 6.07) is 7.04. The number of carbonyl (C=O) groups excluding carboxylic acids is 5. The predicted octanol–water partition coefficient (Wildman–Crippen LogP) is 2.60. The molecule has 4 atom stereocenters. The molecule has 12 nitrogen and oxygen atoms in total. The molecule has 0 aliphatic heterocycles. The molecule has 0 radical (unpaired) electrons. The zero-order valence-corrected chi connectivity index (χ0v) is 27.1. The molecule has 0 heterocycles. The van der Waals surface area contributed by atoms with Gasteiger partial charge in [-0.05, 0) is 43.1 Å². The summed E-state index contributed by atoms with van der Waals surface area (Å²) in [4.78, 5) is 64.5. The van der Waals surface area contributed by atoms with Gasteiger partial charge in [0.15, 0.2) is 6.10 Å². The van der Waals surface area contributed by atoms with E-state index in [1.807, 2.05) is 71.9 Å². The van der Waals surface area contributed by atoms with E-state index in [0.717, 1.165) is 10.6 Å². The summed E-state index contributed by atoms with van der Waals surface area (Å²) < 4.78 is 10.1. The van der Waals surface area contributed by atoms with Crippen molar-refractivity contribution in [1.82, 2.24) is 21.1 Å². The number of aliphatic hydroxyl groups excluding tert-OH is 1. The number of hydrazine groups is 1. The molecule has 0 fully saturated rings. The van der Waals surface area contributed by atoms with E-state index in [4.69, 9.17) is 9.47 Å². The van der Waals surface area contributed by atoms with Crippen molar-refractivity contribution in [2.24, 2.45) is 17.8 Å². The van der Waals surface area contributed by atoms with Crippen LogP contribution in [0.4, 0.5) is 4.79 Å². The van der Waals surface area contributed by atoms with Crippen LogP contribution in [-0.2, 0) is 35.3 Å². The zero-order valence-electron chi connectivity index (χ0n) is 26.2. The van der Waals surface area contributed by atoms with Gasteiger partial charge in [-0.3, -0.25) is 24.8 Å². The highest BCUT2D eigenvalue weighted by atomic mass is 32.1. The minimum atomic E-state index is -1.85. The summed E-state index contributed by atoms with van der Waals surface area (Å²) in [5, 5.41) is 15.0. The molecule has 43 heavy (non-hydrogen) atoms. The highest BCUT2D eigenvalue weighted by molar-refractivity contribution is 7.81. The SMILES string of the molecule is CCOC(=O)[C@@H](O)[C@@H](S)C(=O)N(CC(C)C)NC(=O)[C@H](CC(C)C)NC(=O)[C@H](CC(C)C)NC(=O)OCc1ccccc1. The summed E-state index contributed by atoms with van der Waals surface area (Å²) in [6.45, 7) is 12.8. The molecule has 1 aromatic carbocycles. The number of nitrogens with one attached hydrogen (secondary N) is 3. The molecule has 0 saturated heterocycles. The van der Waals surface area contributed by atoms with Crippen molar-refractivity contribution in [2.75, 3.05) is 13.2 Å². The molecule has 0 aromatic heterocycles. The second kappa shape index (κ2) is 19.1. The van der Waals surface area contributed by atoms with Crippen molar-refractivity contribution in [3.05, 3.63) is 35.9 Å². The molecular formula is C30H48N4O8S. The molecule has 0 bridgehead atoms.